The fourth-order valence-electron chi connectivity index (χ4n) is 2.09. The maximum absolute atomic E-state index is 11.8. The van der Waals surface area contributed by atoms with Gasteiger partial charge in [-0.05, 0) is 18.1 Å². The van der Waals surface area contributed by atoms with E-state index in [0.29, 0.717) is 19.5 Å². The van der Waals surface area contributed by atoms with Crippen LogP contribution < -0.4 is 10.6 Å². The van der Waals surface area contributed by atoms with Crippen LogP contribution in [0.5, 0.6) is 0 Å². The number of aromatic nitrogens is 1. The molecule has 0 atom stereocenters. The van der Waals surface area contributed by atoms with Gasteiger partial charge in [0.05, 0.1) is 6.42 Å². The smallest absolute Gasteiger partial charge is 0.224 e. The van der Waals surface area contributed by atoms with Gasteiger partial charge in [0.2, 0.25) is 11.8 Å². The summed E-state index contributed by atoms with van der Waals surface area (Å²) in [4.78, 5) is 25.7. The van der Waals surface area contributed by atoms with E-state index in [1.54, 1.807) is 0 Å². The number of aromatic amines is 1. The van der Waals surface area contributed by atoms with Crippen LogP contribution in [-0.2, 0) is 16.0 Å². The van der Waals surface area contributed by atoms with Gasteiger partial charge in [-0.3, -0.25) is 9.59 Å². The molecule has 2 rings (SSSR count). The van der Waals surface area contributed by atoms with Crippen molar-refractivity contribution < 1.29 is 9.59 Å². The first-order valence-electron chi connectivity index (χ1n) is 6.73. The summed E-state index contributed by atoms with van der Waals surface area (Å²) in [5, 5.41) is 6.63. The molecule has 0 aliphatic rings. The molecule has 0 spiro atoms. The zero-order valence-corrected chi connectivity index (χ0v) is 11.5. The Bertz CT molecular complexity index is 604. The maximum atomic E-state index is 11.8. The van der Waals surface area contributed by atoms with E-state index in [0.717, 1.165) is 22.9 Å². The van der Waals surface area contributed by atoms with Crippen molar-refractivity contribution in [2.24, 2.45) is 0 Å². The Morgan fingerprint density at radius 3 is 2.70 bits per heavy atom. The molecule has 2 aromatic rings. The van der Waals surface area contributed by atoms with Crippen LogP contribution in [-0.4, -0.2) is 29.9 Å². The molecule has 1 aromatic heterocycles. The van der Waals surface area contributed by atoms with Gasteiger partial charge in [-0.2, -0.15) is 0 Å². The Morgan fingerprint density at radius 2 is 1.90 bits per heavy atom. The summed E-state index contributed by atoms with van der Waals surface area (Å²) in [6, 6.07) is 7.92. The Kier molecular flexibility index (Phi) is 4.76. The van der Waals surface area contributed by atoms with Crippen molar-refractivity contribution in [3.05, 3.63) is 36.0 Å². The van der Waals surface area contributed by atoms with Gasteiger partial charge >= 0.3 is 0 Å². The molecule has 0 radical (unpaired) electrons. The fourth-order valence-corrected chi connectivity index (χ4v) is 2.09. The fraction of sp³-hybridized carbons (Fsp3) is 0.333. The molecule has 2 amide bonds. The second-order valence-corrected chi connectivity index (χ2v) is 4.72. The minimum Gasteiger partial charge on any atom is -0.361 e. The zero-order chi connectivity index (χ0) is 14.4. The summed E-state index contributed by atoms with van der Waals surface area (Å²) in [6.07, 6.45) is 2.98. The molecular formula is C15H19N3O2. The second kappa shape index (κ2) is 6.75. The predicted octanol–water partition coefficient (Wildman–Crippen LogP) is 1.35. The van der Waals surface area contributed by atoms with E-state index in [2.05, 4.69) is 15.6 Å². The van der Waals surface area contributed by atoms with Gasteiger partial charge in [0.15, 0.2) is 0 Å². The van der Waals surface area contributed by atoms with Gasteiger partial charge in [-0.25, -0.2) is 0 Å². The van der Waals surface area contributed by atoms with Crippen LogP contribution >= 0.6 is 0 Å². The molecule has 1 aromatic carbocycles. The molecule has 5 nitrogen and oxygen atoms in total. The van der Waals surface area contributed by atoms with E-state index in [-0.39, 0.29) is 11.8 Å². The van der Waals surface area contributed by atoms with Crippen LogP contribution in [0, 0.1) is 0 Å². The average Bonchev–Trinajstić information content (AvgIpc) is 2.81. The molecule has 0 saturated heterocycles. The first kappa shape index (κ1) is 14.1. The number of hydrogen-bond donors (Lipinski definition) is 3. The molecule has 20 heavy (non-hydrogen) atoms. The molecule has 0 aliphatic heterocycles. The third-order valence-corrected chi connectivity index (χ3v) is 3.08. The minimum absolute atomic E-state index is 0.00224. The number of para-hydroxylation sites is 1. The molecule has 3 N–H and O–H groups in total. The van der Waals surface area contributed by atoms with Crippen molar-refractivity contribution >= 4 is 22.7 Å². The Balaban J connectivity index is 1.78. The molecule has 0 bridgehead atoms. The Labute approximate surface area is 117 Å². The van der Waals surface area contributed by atoms with Crippen molar-refractivity contribution in [1.29, 1.82) is 0 Å². The minimum atomic E-state index is -0.0462. The highest BCUT2D eigenvalue weighted by atomic mass is 16.2. The number of amides is 2. The third-order valence-electron chi connectivity index (χ3n) is 3.08. The van der Waals surface area contributed by atoms with Crippen LogP contribution in [0.25, 0.3) is 10.9 Å². The highest BCUT2D eigenvalue weighted by molar-refractivity contribution is 5.88. The number of hydrogen-bond acceptors (Lipinski definition) is 2. The van der Waals surface area contributed by atoms with E-state index in [1.165, 1.54) is 6.92 Å². The second-order valence-electron chi connectivity index (χ2n) is 4.72. The van der Waals surface area contributed by atoms with Gasteiger partial charge < -0.3 is 15.6 Å². The number of benzene rings is 1. The summed E-state index contributed by atoms with van der Waals surface area (Å²) in [5.41, 5.74) is 2.04. The number of fused-ring (bicyclic) bond motifs is 1. The number of H-pyrrole nitrogens is 1. The molecular weight excluding hydrogens is 254 g/mol. The number of carbonyl (C=O) groups is 2. The van der Waals surface area contributed by atoms with Crippen molar-refractivity contribution in [2.45, 2.75) is 19.8 Å². The summed E-state index contributed by atoms with van der Waals surface area (Å²) >= 11 is 0. The molecule has 1 heterocycles. The molecule has 0 saturated carbocycles. The van der Waals surface area contributed by atoms with Crippen LogP contribution in [0.3, 0.4) is 0 Å². The van der Waals surface area contributed by atoms with Gasteiger partial charge in [-0.15, -0.1) is 0 Å². The van der Waals surface area contributed by atoms with Crippen LogP contribution in [0.1, 0.15) is 18.9 Å². The van der Waals surface area contributed by atoms with Crippen molar-refractivity contribution in [1.82, 2.24) is 15.6 Å². The van der Waals surface area contributed by atoms with Crippen LogP contribution in [0.2, 0.25) is 0 Å². The zero-order valence-electron chi connectivity index (χ0n) is 11.5. The maximum Gasteiger partial charge on any atom is 0.224 e. The monoisotopic (exact) mass is 273 g/mol. The van der Waals surface area contributed by atoms with E-state index >= 15 is 0 Å². The van der Waals surface area contributed by atoms with E-state index in [1.807, 2.05) is 30.5 Å². The Morgan fingerprint density at radius 1 is 1.15 bits per heavy atom. The third kappa shape index (κ3) is 3.85. The van der Waals surface area contributed by atoms with E-state index in [4.69, 9.17) is 0 Å². The van der Waals surface area contributed by atoms with Crippen molar-refractivity contribution in [3.63, 3.8) is 0 Å². The lowest BCUT2D eigenvalue weighted by molar-refractivity contribution is -0.120. The lowest BCUT2D eigenvalue weighted by atomic mass is 10.1. The normalized spacial score (nSPS) is 10.4. The quantitative estimate of drug-likeness (QED) is 0.695. The van der Waals surface area contributed by atoms with Gasteiger partial charge in [0, 0.05) is 37.1 Å². The number of nitrogens with one attached hydrogen (secondary N) is 3. The number of carbonyl (C=O) groups excluding carboxylic acids is 2. The van der Waals surface area contributed by atoms with Crippen LogP contribution in [0.4, 0.5) is 0 Å². The molecule has 106 valence electrons. The first-order valence-corrected chi connectivity index (χ1v) is 6.73. The first-order chi connectivity index (χ1) is 9.66. The highest BCUT2D eigenvalue weighted by Gasteiger charge is 2.07. The molecule has 0 aliphatic carbocycles. The molecule has 0 fully saturated rings. The lowest BCUT2D eigenvalue weighted by Gasteiger charge is -2.05. The highest BCUT2D eigenvalue weighted by Crippen LogP contribution is 2.17. The van der Waals surface area contributed by atoms with Crippen molar-refractivity contribution in [2.75, 3.05) is 13.1 Å². The summed E-state index contributed by atoms with van der Waals surface area (Å²) < 4.78 is 0. The van der Waals surface area contributed by atoms with Gasteiger partial charge in [0.25, 0.3) is 0 Å². The van der Waals surface area contributed by atoms with E-state index < -0.39 is 0 Å². The van der Waals surface area contributed by atoms with Gasteiger partial charge in [0.1, 0.15) is 0 Å². The summed E-state index contributed by atoms with van der Waals surface area (Å²) in [5.74, 6) is -0.0484. The van der Waals surface area contributed by atoms with Crippen molar-refractivity contribution in [3.8, 4) is 0 Å². The lowest BCUT2D eigenvalue weighted by Crippen LogP contribution is -2.29. The van der Waals surface area contributed by atoms with E-state index in [9.17, 15) is 9.59 Å². The number of rotatable bonds is 6. The van der Waals surface area contributed by atoms with Crippen LogP contribution in [0.15, 0.2) is 30.5 Å². The molecule has 0 unspecified atom stereocenters. The summed E-state index contributed by atoms with van der Waals surface area (Å²) in [7, 11) is 0. The SMILES string of the molecule is CC(=O)NCCCNC(=O)Cc1c[nH]c2ccccc12. The van der Waals surface area contributed by atoms with Gasteiger partial charge in [-0.1, -0.05) is 18.2 Å². The molecule has 5 heteroatoms. The standard InChI is InChI=1S/C15H19N3O2/c1-11(19)16-7-4-8-17-15(20)9-12-10-18-14-6-3-2-5-13(12)14/h2-3,5-6,10,18H,4,7-9H2,1H3,(H,16,19)(H,17,20). The largest absolute Gasteiger partial charge is 0.361 e. The predicted molar refractivity (Wildman–Crippen MR) is 78.3 cm³/mol. The average molecular weight is 273 g/mol. The summed E-state index contributed by atoms with van der Waals surface area (Å²) in [6.45, 7) is 2.64. The topological polar surface area (TPSA) is 74.0 Å². The Hall–Kier alpha value is -2.30.